The van der Waals surface area contributed by atoms with E-state index in [1.165, 1.54) is 17.7 Å². The summed E-state index contributed by atoms with van der Waals surface area (Å²) in [7, 11) is 0. The van der Waals surface area contributed by atoms with E-state index in [9.17, 15) is 9.18 Å². The molecule has 0 saturated heterocycles. The van der Waals surface area contributed by atoms with E-state index in [2.05, 4.69) is 22.0 Å². The number of hydrogen-bond acceptors (Lipinski definition) is 2. The summed E-state index contributed by atoms with van der Waals surface area (Å²) >= 11 is 3.45. The van der Waals surface area contributed by atoms with Gasteiger partial charge in [0.05, 0.1) is 0 Å². The molecule has 0 fully saturated rings. The summed E-state index contributed by atoms with van der Waals surface area (Å²) < 4.78 is 14.0. The number of benzene rings is 2. The number of hydrogen-bond donors (Lipinski definition) is 0. The molecule has 1 aliphatic heterocycles. The minimum Gasteiger partial charge on any atom is -0.357 e. The summed E-state index contributed by atoms with van der Waals surface area (Å²) in [6, 6.07) is 12.0. The number of fused-ring (bicyclic) bond motifs is 1. The van der Waals surface area contributed by atoms with Crippen LogP contribution in [-0.4, -0.2) is 12.8 Å². The molecular formula is C16H13BrFNO. The van der Waals surface area contributed by atoms with E-state index in [4.69, 9.17) is 0 Å². The molecule has 1 atom stereocenters. The smallest absolute Gasteiger partial charge is 0.146 e. The molecule has 0 spiro atoms. The molecule has 0 amide bonds. The topological polar surface area (TPSA) is 20.3 Å². The van der Waals surface area contributed by atoms with Gasteiger partial charge in [-0.05, 0) is 53.9 Å². The Bertz CT molecular complexity index is 641. The second kappa shape index (κ2) is 5.37. The first-order valence-corrected chi connectivity index (χ1v) is 7.24. The van der Waals surface area contributed by atoms with E-state index < -0.39 is 0 Å². The Morgan fingerprint density at radius 3 is 2.65 bits per heavy atom. The normalized spacial score (nSPS) is 17.7. The average molecular weight is 334 g/mol. The Morgan fingerprint density at radius 2 is 1.95 bits per heavy atom. The summed E-state index contributed by atoms with van der Waals surface area (Å²) in [5.74, 6) is -0.267. The van der Waals surface area contributed by atoms with Gasteiger partial charge in [-0.25, -0.2) is 4.39 Å². The molecule has 20 heavy (non-hydrogen) atoms. The Kier molecular flexibility index (Phi) is 3.57. The number of carbonyl (C=O) groups excluding carboxylic acids is 1. The molecule has 2 aromatic rings. The van der Waals surface area contributed by atoms with Crippen molar-refractivity contribution in [1.29, 1.82) is 0 Å². The minimum atomic E-state index is -0.318. The molecule has 3 rings (SSSR count). The summed E-state index contributed by atoms with van der Waals surface area (Å²) in [6.07, 6.45) is 1.83. The number of carbonyl (C=O) groups is 1. The monoisotopic (exact) mass is 333 g/mol. The number of nitrogens with zero attached hydrogens (tertiary/aromatic N) is 1. The van der Waals surface area contributed by atoms with Crippen LogP contribution in [0.1, 0.15) is 17.2 Å². The molecule has 2 aromatic carbocycles. The lowest BCUT2D eigenvalue weighted by Crippen LogP contribution is -2.36. The van der Waals surface area contributed by atoms with Gasteiger partial charge in [0.15, 0.2) is 0 Å². The van der Waals surface area contributed by atoms with Gasteiger partial charge in [0, 0.05) is 16.7 Å². The third kappa shape index (κ3) is 2.36. The molecule has 0 bridgehead atoms. The van der Waals surface area contributed by atoms with Crippen molar-refractivity contribution in [2.75, 3.05) is 11.4 Å². The quantitative estimate of drug-likeness (QED) is 0.777. The fraction of sp³-hybridized carbons (Fsp3) is 0.188. The first-order valence-electron chi connectivity index (χ1n) is 6.45. The van der Waals surface area contributed by atoms with Gasteiger partial charge in [-0.1, -0.05) is 22.0 Å². The third-order valence-corrected chi connectivity index (χ3v) is 4.16. The van der Waals surface area contributed by atoms with E-state index in [0.29, 0.717) is 0 Å². The van der Waals surface area contributed by atoms with Crippen molar-refractivity contribution in [3.05, 3.63) is 63.9 Å². The second-order valence-corrected chi connectivity index (χ2v) is 5.76. The van der Waals surface area contributed by atoms with E-state index >= 15 is 0 Å². The first kappa shape index (κ1) is 13.3. The Morgan fingerprint density at radius 1 is 1.20 bits per heavy atom. The largest absolute Gasteiger partial charge is 0.357 e. The standard InChI is InChI=1S/C16H13BrFNO/c17-12-2-1-11-7-8-19(16(10-20)15(11)9-12)14-5-3-13(18)4-6-14/h1-6,9-10,16H,7-8H2. The van der Waals surface area contributed by atoms with Gasteiger partial charge in [0.2, 0.25) is 0 Å². The van der Waals surface area contributed by atoms with Crippen LogP contribution in [0.4, 0.5) is 10.1 Å². The SMILES string of the molecule is O=CC1c2cc(Br)ccc2CCN1c1ccc(F)cc1. The summed E-state index contributed by atoms with van der Waals surface area (Å²) in [4.78, 5) is 13.6. The zero-order valence-corrected chi connectivity index (χ0v) is 12.3. The Hall–Kier alpha value is -1.68. The number of anilines is 1. The molecule has 0 saturated carbocycles. The van der Waals surface area contributed by atoms with Crippen molar-refractivity contribution in [1.82, 2.24) is 0 Å². The summed E-state index contributed by atoms with van der Waals surface area (Å²) in [5.41, 5.74) is 3.09. The van der Waals surface area contributed by atoms with Crippen molar-refractivity contribution < 1.29 is 9.18 Å². The van der Waals surface area contributed by atoms with Crippen molar-refractivity contribution in [3.63, 3.8) is 0 Å². The molecule has 4 heteroatoms. The minimum absolute atomic E-state index is 0.267. The lowest BCUT2D eigenvalue weighted by Gasteiger charge is -2.36. The van der Waals surface area contributed by atoms with Crippen LogP contribution in [0.25, 0.3) is 0 Å². The number of rotatable bonds is 2. The van der Waals surface area contributed by atoms with Crippen LogP contribution in [-0.2, 0) is 11.2 Å². The van der Waals surface area contributed by atoms with Gasteiger partial charge in [-0.15, -0.1) is 0 Å². The molecule has 2 nitrogen and oxygen atoms in total. The van der Waals surface area contributed by atoms with Crippen LogP contribution in [0.2, 0.25) is 0 Å². The summed E-state index contributed by atoms with van der Waals surface area (Å²) in [5, 5.41) is 0. The maximum absolute atomic E-state index is 13.0. The van der Waals surface area contributed by atoms with E-state index in [1.807, 2.05) is 17.0 Å². The van der Waals surface area contributed by atoms with E-state index in [1.54, 1.807) is 12.1 Å². The highest BCUT2D eigenvalue weighted by atomic mass is 79.9. The maximum Gasteiger partial charge on any atom is 0.146 e. The Balaban J connectivity index is 2.02. The number of halogens is 2. The summed E-state index contributed by atoms with van der Waals surface area (Å²) in [6.45, 7) is 0.754. The maximum atomic E-state index is 13.0. The molecule has 0 aliphatic carbocycles. The highest BCUT2D eigenvalue weighted by Gasteiger charge is 2.27. The van der Waals surface area contributed by atoms with Crippen LogP contribution in [0.5, 0.6) is 0 Å². The van der Waals surface area contributed by atoms with Crippen molar-refractivity contribution >= 4 is 27.9 Å². The average Bonchev–Trinajstić information content (AvgIpc) is 2.47. The van der Waals surface area contributed by atoms with Gasteiger partial charge in [-0.2, -0.15) is 0 Å². The fourth-order valence-electron chi connectivity index (χ4n) is 2.69. The molecule has 1 unspecified atom stereocenters. The van der Waals surface area contributed by atoms with Crippen molar-refractivity contribution in [3.8, 4) is 0 Å². The van der Waals surface area contributed by atoms with Crippen LogP contribution < -0.4 is 4.90 Å². The van der Waals surface area contributed by atoms with Crippen LogP contribution in [0.3, 0.4) is 0 Å². The fourth-order valence-corrected chi connectivity index (χ4v) is 3.06. The molecule has 102 valence electrons. The van der Waals surface area contributed by atoms with Crippen LogP contribution in [0, 0.1) is 5.82 Å². The molecule has 1 aliphatic rings. The molecule has 0 N–H and O–H groups in total. The predicted octanol–water partition coefficient (Wildman–Crippen LogP) is 3.89. The van der Waals surface area contributed by atoms with Gasteiger partial charge in [0.25, 0.3) is 0 Å². The predicted molar refractivity (Wildman–Crippen MR) is 80.4 cm³/mol. The van der Waals surface area contributed by atoms with Crippen molar-refractivity contribution in [2.24, 2.45) is 0 Å². The highest BCUT2D eigenvalue weighted by Crippen LogP contribution is 2.34. The van der Waals surface area contributed by atoms with E-state index in [-0.39, 0.29) is 11.9 Å². The van der Waals surface area contributed by atoms with Gasteiger partial charge >= 0.3 is 0 Å². The van der Waals surface area contributed by atoms with Crippen molar-refractivity contribution in [2.45, 2.75) is 12.5 Å². The molecule has 0 radical (unpaired) electrons. The highest BCUT2D eigenvalue weighted by molar-refractivity contribution is 9.10. The van der Waals surface area contributed by atoms with Crippen LogP contribution in [0.15, 0.2) is 46.9 Å². The molecule has 1 heterocycles. The zero-order chi connectivity index (χ0) is 14.1. The first-order chi connectivity index (χ1) is 9.69. The zero-order valence-electron chi connectivity index (χ0n) is 10.7. The van der Waals surface area contributed by atoms with Gasteiger partial charge < -0.3 is 9.69 Å². The third-order valence-electron chi connectivity index (χ3n) is 3.67. The van der Waals surface area contributed by atoms with Gasteiger partial charge in [0.1, 0.15) is 18.1 Å². The Labute approximate surface area is 125 Å². The van der Waals surface area contributed by atoms with E-state index in [0.717, 1.165) is 35.0 Å². The lowest BCUT2D eigenvalue weighted by molar-refractivity contribution is -0.109. The number of aldehydes is 1. The molecule has 0 aromatic heterocycles. The van der Waals surface area contributed by atoms with Crippen LogP contribution >= 0.6 is 15.9 Å². The lowest BCUT2D eigenvalue weighted by atomic mass is 9.93. The van der Waals surface area contributed by atoms with Gasteiger partial charge in [-0.3, -0.25) is 0 Å². The molecular weight excluding hydrogens is 321 g/mol. The second-order valence-electron chi connectivity index (χ2n) is 4.84.